The Bertz CT molecular complexity index is 418. The van der Waals surface area contributed by atoms with E-state index in [-0.39, 0.29) is 0 Å². The van der Waals surface area contributed by atoms with Gasteiger partial charge in [0.2, 0.25) is 5.95 Å². The maximum absolute atomic E-state index is 4.36. The Hall–Kier alpha value is -1.16. The average molecular weight is 288 g/mol. The lowest BCUT2D eigenvalue weighted by molar-refractivity contribution is 0.184. The van der Waals surface area contributed by atoms with Crippen molar-refractivity contribution in [3.05, 3.63) is 18.5 Å². The van der Waals surface area contributed by atoms with Crippen LogP contribution >= 0.6 is 0 Å². The molecule has 2 heterocycles. The van der Waals surface area contributed by atoms with Crippen molar-refractivity contribution in [2.45, 2.75) is 58.0 Å². The van der Waals surface area contributed by atoms with E-state index in [0.29, 0.717) is 12.1 Å². The van der Waals surface area contributed by atoms with Gasteiger partial charge in [0.15, 0.2) is 0 Å². The van der Waals surface area contributed by atoms with E-state index in [9.17, 15) is 0 Å². The SMILES string of the molecule is CC1CCCC(C)C1NC1CCN(c2ncccn2)CC1. The fraction of sp³-hybridized carbons (Fsp3) is 0.765. The summed E-state index contributed by atoms with van der Waals surface area (Å²) in [5.74, 6) is 2.53. The molecule has 21 heavy (non-hydrogen) atoms. The first kappa shape index (κ1) is 14.8. The van der Waals surface area contributed by atoms with Gasteiger partial charge in [-0.15, -0.1) is 0 Å². The van der Waals surface area contributed by atoms with Crippen molar-refractivity contribution in [3.63, 3.8) is 0 Å². The van der Waals surface area contributed by atoms with E-state index in [0.717, 1.165) is 30.9 Å². The third kappa shape index (κ3) is 3.54. The Morgan fingerprint density at radius 2 is 1.62 bits per heavy atom. The Balaban J connectivity index is 1.52. The summed E-state index contributed by atoms with van der Waals surface area (Å²) in [4.78, 5) is 11.0. The topological polar surface area (TPSA) is 41.0 Å². The van der Waals surface area contributed by atoms with Crippen LogP contribution in [0.15, 0.2) is 18.5 Å². The summed E-state index contributed by atoms with van der Waals surface area (Å²) in [6, 6.07) is 3.25. The Morgan fingerprint density at radius 1 is 1.00 bits per heavy atom. The molecule has 116 valence electrons. The van der Waals surface area contributed by atoms with E-state index in [1.165, 1.54) is 32.1 Å². The standard InChI is InChI=1S/C17H28N4/c1-13-5-3-6-14(2)16(13)20-15-7-11-21(12-8-15)17-18-9-4-10-19-17/h4,9-10,13-16,20H,3,5-8,11-12H2,1-2H3. The lowest BCUT2D eigenvalue weighted by Gasteiger charge is -2.40. The molecule has 0 amide bonds. The molecule has 1 aromatic heterocycles. The van der Waals surface area contributed by atoms with Crippen LogP contribution in [-0.2, 0) is 0 Å². The van der Waals surface area contributed by atoms with Gasteiger partial charge < -0.3 is 10.2 Å². The molecule has 2 aliphatic rings. The van der Waals surface area contributed by atoms with Crippen LogP contribution < -0.4 is 10.2 Å². The molecule has 1 aliphatic heterocycles. The molecule has 1 saturated carbocycles. The van der Waals surface area contributed by atoms with Crippen LogP contribution in [0, 0.1) is 11.8 Å². The second-order valence-electron chi connectivity index (χ2n) is 6.89. The second kappa shape index (κ2) is 6.73. The molecule has 0 bridgehead atoms. The average Bonchev–Trinajstić information content (AvgIpc) is 2.53. The van der Waals surface area contributed by atoms with Crippen molar-refractivity contribution in [2.24, 2.45) is 11.8 Å². The zero-order valence-electron chi connectivity index (χ0n) is 13.3. The number of nitrogens with one attached hydrogen (secondary N) is 1. The first-order valence-electron chi connectivity index (χ1n) is 8.52. The maximum Gasteiger partial charge on any atom is 0.225 e. The normalized spacial score (nSPS) is 31.3. The zero-order chi connectivity index (χ0) is 14.7. The lowest BCUT2D eigenvalue weighted by atomic mass is 9.78. The fourth-order valence-electron chi connectivity index (χ4n) is 3.98. The van der Waals surface area contributed by atoms with Crippen molar-refractivity contribution in [1.82, 2.24) is 15.3 Å². The molecule has 4 heteroatoms. The zero-order valence-corrected chi connectivity index (χ0v) is 13.3. The van der Waals surface area contributed by atoms with Gasteiger partial charge in [-0.25, -0.2) is 9.97 Å². The summed E-state index contributed by atoms with van der Waals surface area (Å²) in [6.07, 6.45) is 10.3. The first-order valence-corrected chi connectivity index (χ1v) is 8.52. The van der Waals surface area contributed by atoms with Crippen LogP contribution in [0.2, 0.25) is 0 Å². The van der Waals surface area contributed by atoms with Crippen molar-refractivity contribution in [3.8, 4) is 0 Å². The Kier molecular flexibility index (Phi) is 4.73. The van der Waals surface area contributed by atoms with E-state index < -0.39 is 0 Å². The highest BCUT2D eigenvalue weighted by Crippen LogP contribution is 2.30. The van der Waals surface area contributed by atoms with E-state index in [4.69, 9.17) is 0 Å². The summed E-state index contributed by atoms with van der Waals surface area (Å²) in [7, 11) is 0. The van der Waals surface area contributed by atoms with Crippen molar-refractivity contribution < 1.29 is 0 Å². The van der Waals surface area contributed by atoms with Gasteiger partial charge in [-0.05, 0) is 43.6 Å². The van der Waals surface area contributed by atoms with Gasteiger partial charge in [0.05, 0.1) is 0 Å². The summed E-state index contributed by atoms with van der Waals surface area (Å²) < 4.78 is 0. The summed E-state index contributed by atoms with van der Waals surface area (Å²) in [6.45, 7) is 6.97. The molecule has 2 fully saturated rings. The smallest absolute Gasteiger partial charge is 0.225 e. The van der Waals surface area contributed by atoms with E-state index >= 15 is 0 Å². The minimum Gasteiger partial charge on any atom is -0.341 e. The summed E-state index contributed by atoms with van der Waals surface area (Å²) in [5.41, 5.74) is 0. The number of hydrogen-bond donors (Lipinski definition) is 1. The number of hydrogen-bond acceptors (Lipinski definition) is 4. The molecular weight excluding hydrogens is 260 g/mol. The van der Waals surface area contributed by atoms with Crippen LogP contribution in [0.3, 0.4) is 0 Å². The molecule has 0 spiro atoms. The molecule has 0 aromatic carbocycles. The van der Waals surface area contributed by atoms with Gasteiger partial charge in [0.25, 0.3) is 0 Å². The second-order valence-corrected chi connectivity index (χ2v) is 6.89. The minimum absolute atomic E-state index is 0.665. The highest BCUT2D eigenvalue weighted by molar-refractivity contribution is 5.29. The Morgan fingerprint density at radius 3 is 2.24 bits per heavy atom. The predicted molar refractivity (Wildman–Crippen MR) is 86.4 cm³/mol. The van der Waals surface area contributed by atoms with Gasteiger partial charge in [0, 0.05) is 37.6 Å². The van der Waals surface area contributed by atoms with Crippen LogP contribution in [0.4, 0.5) is 5.95 Å². The van der Waals surface area contributed by atoms with Crippen molar-refractivity contribution in [1.29, 1.82) is 0 Å². The van der Waals surface area contributed by atoms with Crippen LogP contribution in [0.5, 0.6) is 0 Å². The molecule has 2 atom stereocenters. The summed E-state index contributed by atoms with van der Waals surface area (Å²) in [5, 5.41) is 3.96. The monoisotopic (exact) mass is 288 g/mol. The third-order valence-corrected chi connectivity index (χ3v) is 5.30. The summed E-state index contributed by atoms with van der Waals surface area (Å²) >= 11 is 0. The number of rotatable bonds is 3. The molecular formula is C17H28N4. The third-order valence-electron chi connectivity index (χ3n) is 5.30. The van der Waals surface area contributed by atoms with Gasteiger partial charge in [-0.1, -0.05) is 20.3 Å². The first-order chi connectivity index (χ1) is 10.2. The molecule has 0 radical (unpaired) electrons. The van der Waals surface area contributed by atoms with E-state index in [1.807, 2.05) is 18.5 Å². The number of aromatic nitrogens is 2. The molecule has 1 N–H and O–H groups in total. The number of piperidine rings is 1. The van der Waals surface area contributed by atoms with Gasteiger partial charge >= 0.3 is 0 Å². The molecule has 1 saturated heterocycles. The molecule has 1 aliphatic carbocycles. The van der Waals surface area contributed by atoms with Gasteiger partial charge in [0.1, 0.15) is 0 Å². The maximum atomic E-state index is 4.36. The van der Waals surface area contributed by atoms with E-state index in [2.05, 4.69) is 34.0 Å². The predicted octanol–water partition coefficient (Wildman–Crippen LogP) is 2.86. The fourth-order valence-corrected chi connectivity index (χ4v) is 3.98. The van der Waals surface area contributed by atoms with Crippen LogP contribution in [0.1, 0.15) is 46.0 Å². The lowest BCUT2D eigenvalue weighted by Crippen LogP contribution is -2.51. The molecule has 4 nitrogen and oxygen atoms in total. The number of anilines is 1. The minimum atomic E-state index is 0.665. The quantitative estimate of drug-likeness (QED) is 0.928. The van der Waals surface area contributed by atoms with Gasteiger partial charge in [-0.2, -0.15) is 0 Å². The van der Waals surface area contributed by atoms with Gasteiger partial charge in [-0.3, -0.25) is 0 Å². The van der Waals surface area contributed by atoms with Crippen molar-refractivity contribution in [2.75, 3.05) is 18.0 Å². The molecule has 1 aromatic rings. The van der Waals surface area contributed by atoms with Crippen LogP contribution in [-0.4, -0.2) is 35.1 Å². The Labute approximate surface area is 128 Å². The molecule has 3 rings (SSSR count). The molecule has 2 unspecified atom stereocenters. The highest BCUT2D eigenvalue weighted by Gasteiger charge is 2.30. The van der Waals surface area contributed by atoms with Crippen LogP contribution in [0.25, 0.3) is 0 Å². The van der Waals surface area contributed by atoms with E-state index in [1.54, 1.807) is 0 Å². The van der Waals surface area contributed by atoms with Crippen molar-refractivity contribution >= 4 is 5.95 Å². The largest absolute Gasteiger partial charge is 0.341 e. The highest BCUT2D eigenvalue weighted by atomic mass is 15.3. The number of nitrogens with zero attached hydrogens (tertiary/aromatic N) is 3.